The summed E-state index contributed by atoms with van der Waals surface area (Å²) < 4.78 is 25.0. The van der Waals surface area contributed by atoms with Gasteiger partial charge in [0.15, 0.2) is 0 Å². The van der Waals surface area contributed by atoms with Crippen LogP contribution in [0.5, 0.6) is 5.75 Å². The van der Waals surface area contributed by atoms with Gasteiger partial charge in [-0.2, -0.15) is 0 Å². The molecule has 8 heteroatoms. The van der Waals surface area contributed by atoms with E-state index in [0.717, 1.165) is 17.5 Å². The largest absolute Gasteiger partial charge is 0.491 e. The summed E-state index contributed by atoms with van der Waals surface area (Å²) >= 11 is 1.70. The quantitative estimate of drug-likeness (QED) is 0.371. The zero-order valence-corrected chi connectivity index (χ0v) is 22.2. The highest BCUT2D eigenvalue weighted by Gasteiger charge is 2.33. The topological polar surface area (TPSA) is 62.2 Å². The van der Waals surface area contributed by atoms with Gasteiger partial charge in [0.2, 0.25) is 5.91 Å². The monoisotopic (exact) mass is 526 g/mol. The minimum Gasteiger partial charge on any atom is -0.491 e. The van der Waals surface area contributed by atoms with Gasteiger partial charge in [-0.15, -0.1) is 11.3 Å². The van der Waals surface area contributed by atoms with Gasteiger partial charge in [-0.25, -0.2) is 4.39 Å². The van der Waals surface area contributed by atoms with Crippen LogP contribution < -0.4 is 4.74 Å². The maximum Gasteiger partial charge on any atom is 0.237 e. The number of amides is 1. The third-order valence-electron chi connectivity index (χ3n) is 6.57. The summed E-state index contributed by atoms with van der Waals surface area (Å²) in [5.41, 5.74) is 2.16. The Labute approximate surface area is 222 Å². The average Bonchev–Trinajstić information content (AvgIpc) is 3.37. The summed E-state index contributed by atoms with van der Waals surface area (Å²) in [4.78, 5) is 18.7. The number of benzene rings is 2. The maximum absolute atomic E-state index is 13.6. The molecule has 1 aromatic heterocycles. The highest BCUT2D eigenvalue weighted by atomic mass is 32.1. The van der Waals surface area contributed by atoms with E-state index in [1.807, 2.05) is 54.0 Å². The number of carbonyl (C=O) groups excluding carboxylic acids is 1. The molecule has 1 amide bonds. The van der Waals surface area contributed by atoms with Crippen LogP contribution in [0.2, 0.25) is 0 Å². The molecule has 6 nitrogen and oxygen atoms in total. The lowest BCUT2D eigenvalue weighted by Crippen LogP contribution is -2.49. The van der Waals surface area contributed by atoms with Crippen molar-refractivity contribution in [3.63, 3.8) is 0 Å². The van der Waals surface area contributed by atoms with Crippen LogP contribution in [0.3, 0.4) is 0 Å². The Kier molecular flexibility index (Phi) is 9.68. The first-order chi connectivity index (χ1) is 17.9. The Morgan fingerprint density at radius 3 is 2.65 bits per heavy atom. The molecule has 2 atom stereocenters. The van der Waals surface area contributed by atoms with Crippen molar-refractivity contribution in [3.05, 3.63) is 87.9 Å². The molecule has 198 valence electrons. The molecule has 3 aromatic rings. The summed E-state index contributed by atoms with van der Waals surface area (Å²) in [6.07, 6.45) is 0.102. The minimum atomic E-state index is -0.707. The highest BCUT2D eigenvalue weighted by molar-refractivity contribution is 7.10. The van der Waals surface area contributed by atoms with Gasteiger partial charge >= 0.3 is 0 Å². The number of aliphatic hydroxyl groups is 1. The predicted molar refractivity (Wildman–Crippen MR) is 143 cm³/mol. The number of thiophene rings is 1. The van der Waals surface area contributed by atoms with Gasteiger partial charge in [-0.3, -0.25) is 9.69 Å². The van der Waals surface area contributed by atoms with E-state index in [9.17, 15) is 14.3 Å². The summed E-state index contributed by atoms with van der Waals surface area (Å²) in [5, 5.41) is 12.7. The lowest BCUT2D eigenvalue weighted by atomic mass is 10.00. The third kappa shape index (κ3) is 7.61. The highest BCUT2D eigenvalue weighted by Crippen LogP contribution is 2.34. The molecule has 0 unspecified atom stereocenters. The molecule has 0 radical (unpaired) electrons. The normalized spacial score (nSPS) is 16.2. The van der Waals surface area contributed by atoms with Crippen LogP contribution in [0.4, 0.5) is 4.39 Å². The van der Waals surface area contributed by atoms with Crippen LogP contribution in [-0.2, 0) is 22.6 Å². The zero-order valence-electron chi connectivity index (χ0n) is 21.4. The van der Waals surface area contributed by atoms with Crippen molar-refractivity contribution in [2.45, 2.75) is 45.1 Å². The second-order valence-electron chi connectivity index (χ2n) is 9.59. The first-order valence-corrected chi connectivity index (χ1v) is 13.6. The Hall–Kier alpha value is -2.78. The fraction of sp³-hybridized carbons (Fsp3) is 0.414. The molecule has 1 N–H and O–H groups in total. The number of nitrogens with zero attached hydrogens (tertiary/aromatic N) is 2. The van der Waals surface area contributed by atoms with Gasteiger partial charge < -0.3 is 19.5 Å². The molecule has 37 heavy (non-hydrogen) atoms. The number of hydrogen-bond acceptors (Lipinski definition) is 6. The first-order valence-electron chi connectivity index (χ1n) is 12.7. The molecule has 0 fully saturated rings. The number of halogens is 1. The number of rotatable bonds is 12. The van der Waals surface area contributed by atoms with Crippen LogP contribution in [-0.4, -0.2) is 65.8 Å². The molecule has 0 saturated heterocycles. The first kappa shape index (κ1) is 27.3. The van der Waals surface area contributed by atoms with Gasteiger partial charge in [0.1, 0.15) is 18.2 Å². The van der Waals surface area contributed by atoms with Gasteiger partial charge in [-0.1, -0.05) is 30.3 Å². The molecule has 2 heterocycles. The minimum absolute atomic E-state index is 0.00402. The SMILES string of the molecule is CC(C)N(CC(=O)N1CCc2sccc2[C@H]1COc1ccc(F)cc1)C[C@@H](O)COCc1ccccc1. The van der Waals surface area contributed by atoms with E-state index in [4.69, 9.17) is 9.47 Å². The van der Waals surface area contributed by atoms with Crippen molar-refractivity contribution in [1.29, 1.82) is 0 Å². The number of carbonyl (C=O) groups is 1. The molecular weight excluding hydrogens is 491 g/mol. The van der Waals surface area contributed by atoms with E-state index in [-0.39, 0.29) is 37.0 Å². The van der Waals surface area contributed by atoms with Crippen LogP contribution in [0, 0.1) is 5.82 Å². The number of fused-ring (bicyclic) bond motifs is 1. The Balaban J connectivity index is 1.36. The molecule has 0 saturated carbocycles. The second-order valence-corrected chi connectivity index (χ2v) is 10.6. The van der Waals surface area contributed by atoms with E-state index in [1.54, 1.807) is 23.5 Å². The van der Waals surface area contributed by atoms with Crippen molar-refractivity contribution < 1.29 is 23.8 Å². The maximum atomic E-state index is 13.6. The summed E-state index contributed by atoms with van der Waals surface area (Å²) in [6, 6.07) is 17.7. The summed E-state index contributed by atoms with van der Waals surface area (Å²) in [7, 11) is 0. The average molecular weight is 527 g/mol. The van der Waals surface area contributed by atoms with Gasteiger partial charge in [0, 0.05) is 24.0 Å². The molecule has 0 bridgehead atoms. The Morgan fingerprint density at radius 2 is 1.92 bits per heavy atom. The lowest BCUT2D eigenvalue weighted by Gasteiger charge is -2.38. The Morgan fingerprint density at radius 1 is 1.16 bits per heavy atom. The summed E-state index contributed by atoms with van der Waals surface area (Å²) in [6.45, 7) is 6.11. The van der Waals surface area contributed by atoms with Crippen molar-refractivity contribution in [2.75, 3.05) is 32.8 Å². The zero-order chi connectivity index (χ0) is 26.2. The fourth-order valence-electron chi connectivity index (χ4n) is 4.51. The second kappa shape index (κ2) is 13.1. The van der Waals surface area contributed by atoms with Crippen LogP contribution in [0.1, 0.15) is 35.9 Å². The number of ether oxygens (including phenoxy) is 2. The van der Waals surface area contributed by atoms with Crippen molar-refractivity contribution in [3.8, 4) is 5.75 Å². The Bertz CT molecular complexity index is 1120. The van der Waals surface area contributed by atoms with Crippen LogP contribution in [0.25, 0.3) is 0 Å². The molecule has 1 aliphatic heterocycles. The lowest BCUT2D eigenvalue weighted by molar-refractivity contribution is -0.137. The standard InChI is InChI=1S/C29H35FN2O4S/c1-21(2)31(16-24(33)19-35-18-22-6-4-3-5-7-22)17-29(34)32-14-12-28-26(13-15-37-28)27(32)20-36-25-10-8-23(30)9-11-25/h3-11,13,15,21,24,27,33H,12,14,16-20H2,1-2H3/t24-,27-/m1/s1. The van der Waals surface area contributed by atoms with Crippen LogP contribution >= 0.6 is 11.3 Å². The van der Waals surface area contributed by atoms with Gasteiger partial charge in [-0.05, 0) is 67.1 Å². The van der Waals surface area contributed by atoms with Crippen molar-refractivity contribution in [2.24, 2.45) is 0 Å². The van der Waals surface area contributed by atoms with E-state index >= 15 is 0 Å². The fourth-order valence-corrected chi connectivity index (χ4v) is 5.44. The van der Waals surface area contributed by atoms with E-state index in [0.29, 0.717) is 32.1 Å². The predicted octanol–water partition coefficient (Wildman–Crippen LogP) is 4.68. The van der Waals surface area contributed by atoms with E-state index in [1.165, 1.54) is 17.0 Å². The number of hydrogen-bond donors (Lipinski definition) is 1. The summed E-state index contributed by atoms with van der Waals surface area (Å²) in [5.74, 6) is 0.248. The van der Waals surface area contributed by atoms with Crippen molar-refractivity contribution in [1.82, 2.24) is 9.80 Å². The molecule has 0 aliphatic carbocycles. The molecule has 4 rings (SSSR count). The molecule has 2 aromatic carbocycles. The molecular formula is C29H35FN2O4S. The van der Waals surface area contributed by atoms with E-state index < -0.39 is 6.10 Å². The number of aliphatic hydroxyl groups excluding tert-OH is 1. The van der Waals surface area contributed by atoms with Crippen molar-refractivity contribution >= 4 is 17.2 Å². The third-order valence-corrected chi connectivity index (χ3v) is 7.57. The molecule has 1 aliphatic rings. The van der Waals surface area contributed by atoms with Gasteiger partial charge in [0.25, 0.3) is 0 Å². The van der Waals surface area contributed by atoms with E-state index in [2.05, 4.69) is 11.4 Å². The smallest absolute Gasteiger partial charge is 0.237 e. The van der Waals surface area contributed by atoms with Crippen LogP contribution in [0.15, 0.2) is 66.0 Å². The molecule has 0 spiro atoms. The van der Waals surface area contributed by atoms with Gasteiger partial charge in [0.05, 0.1) is 31.9 Å².